The Morgan fingerprint density at radius 3 is 2.54 bits per heavy atom. The molecule has 41 heavy (non-hydrogen) atoms. The lowest BCUT2D eigenvalue weighted by atomic mass is 10.0. The van der Waals surface area contributed by atoms with Crippen LogP contribution in [-0.4, -0.2) is 53.7 Å². The summed E-state index contributed by atoms with van der Waals surface area (Å²) in [6.07, 6.45) is 8.40. The number of fused-ring (bicyclic) bond motifs is 1. The number of hydrogen-bond donors (Lipinski definition) is 2. The lowest BCUT2D eigenvalue weighted by Gasteiger charge is -2.36. The summed E-state index contributed by atoms with van der Waals surface area (Å²) < 4.78 is 9.34. The van der Waals surface area contributed by atoms with Gasteiger partial charge in [-0.3, -0.25) is 4.79 Å². The van der Waals surface area contributed by atoms with Crippen molar-refractivity contribution in [2.45, 2.75) is 84.0 Å². The third-order valence-corrected chi connectivity index (χ3v) is 13.6. The number of hydrogen-bond acceptors (Lipinski definition) is 5. The second-order valence-corrected chi connectivity index (χ2v) is 18.6. The van der Waals surface area contributed by atoms with E-state index in [4.69, 9.17) is 15.2 Å². The molecule has 1 aromatic carbocycles. The van der Waals surface area contributed by atoms with E-state index in [2.05, 4.69) is 73.2 Å². The Bertz CT molecular complexity index is 1470. The fourth-order valence-electron chi connectivity index (χ4n) is 5.06. The highest BCUT2D eigenvalue weighted by atomic mass is 79.9. The summed E-state index contributed by atoms with van der Waals surface area (Å²) in [4.78, 5) is 19.5. The van der Waals surface area contributed by atoms with Crippen molar-refractivity contribution >= 4 is 52.9 Å². The first-order chi connectivity index (χ1) is 19.4. The van der Waals surface area contributed by atoms with Crippen LogP contribution in [0.25, 0.3) is 5.52 Å². The lowest BCUT2D eigenvalue weighted by molar-refractivity contribution is -0.133. The molecule has 3 aromatic rings. The summed E-state index contributed by atoms with van der Waals surface area (Å²) in [7, 11) is -1.95. The molecule has 3 heterocycles. The van der Waals surface area contributed by atoms with E-state index >= 15 is 0 Å². The number of nitrogens with one attached hydrogen (secondary N) is 1. The molecule has 0 bridgehead atoms. The highest BCUT2D eigenvalue weighted by Crippen LogP contribution is 2.38. The van der Waals surface area contributed by atoms with Crippen LogP contribution >= 0.6 is 15.9 Å². The van der Waals surface area contributed by atoms with Gasteiger partial charge in [-0.25, -0.2) is 9.51 Å². The number of carbonyl (C=O) groups is 1. The molecule has 10 heteroatoms. The van der Waals surface area contributed by atoms with E-state index in [1.165, 1.54) is 0 Å². The zero-order chi connectivity index (χ0) is 29.5. The number of nitrogens with two attached hydrogens (primary N) is 1. The highest BCUT2D eigenvalue weighted by Gasteiger charge is 2.39. The van der Waals surface area contributed by atoms with Gasteiger partial charge in [0.25, 0.3) is 0 Å². The molecule has 2 aliphatic rings. The van der Waals surface area contributed by atoms with Gasteiger partial charge in [0.2, 0.25) is 14.2 Å². The Labute approximate surface area is 253 Å². The van der Waals surface area contributed by atoms with E-state index in [9.17, 15) is 4.79 Å². The summed E-state index contributed by atoms with van der Waals surface area (Å²) in [5.41, 5.74) is 11.3. The third kappa shape index (κ3) is 6.48. The van der Waals surface area contributed by atoms with Crippen molar-refractivity contribution in [1.29, 1.82) is 0 Å². The standard InChI is InChI=1S/C31H43BrN6O2Si/c1-7-20-16-24(40-41(5,6)31(2,3)4)10-11-26(20)36-29(33)25-18-34-38-19-22(32)17-27(38)28(25)35-23-12-14-37(15-13-23)30(39)21-8-9-21/h10-11,16-19,21,23,35H,7-9,12-15H2,1-6H3,(H2,33,36). The molecule has 5 rings (SSSR count). The number of likely N-dealkylation sites (tertiary alicyclic amines) is 1. The zero-order valence-corrected chi connectivity index (χ0v) is 27.7. The van der Waals surface area contributed by atoms with E-state index in [1.807, 2.05) is 33.8 Å². The molecule has 2 fully saturated rings. The van der Waals surface area contributed by atoms with Crippen molar-refractivity contribution < 1.29 is 9.22 Å². The Hall–Kier alpha value is -2.85. The molecule has 3 N–H and O–H groups in total. The van der Waals surface area contributed by atoms with Crippen molar-refractivity contribution in [1.82, 2.24) is 14.5 Å². The van der Waals surface area contributed by atoms with Gasteiger partial charge < -0.3 is 20.4 Å². The maximum Gasteiger partial charge on any atom is 0.250 e. The first-order valence-corrected chi connectivity index (χ1v) is 18.4. The number of rotatable bonds is 8. The number of anilines is 1. The maximum absolute atomic E-state index is 12.6. The largest absolute Gasteiger partial charge is 0.543 e. The Balaban J connectivity index is 1.42. The van der Waals surface area contributed by atoms with Gasteiger partial charge in [0.15, 0.2) is 0 Å². The van der Waals surface area contributed by atoms with Gasteiger partial charge in [-0.05, 0) is 96.0 Å². The van der Waals surface area contributed by atoms with Gasteiger partial charge in [0.05, 0.1) is 28.7 Å². The van der Waals surface area contributed by atoms with Crippen molar-refractivity contribution in [2.24, 2.45) is 16.6 Å². The summed E-state index contributed by atoms with van der Waals surface area (Å²) in [5.74, 6) is 1.89. The van der Waals surface area contributed by atoms with E-state index in [0.717, 1.165) is 83.4 Å². The van der Waals surface area contributed by atoms with Crippen molar-refractivity contribution in [3.63, 3.8) is 0 Å². The van der Waals surface area contributed by atoms with Crippen molar-refractivity contribution in [3.8, 4) is 5.75 Å². The molecule has 0 atom stereocenters. The average molecular weight is 640 g/mol. The third-order valence-electron chi connectivity index (χ3n) is 8.81. The Kier molecular flexibility index (Phi) is 8.27. The molecule has 8 nitrogen and oxygen atoms in total. The van der Waals surface area contributed by atoms with Gasteiger partial charge in [-0.1, -0.05) is 27.7 Å². The molecule has 0 spiro atoms. The van der Waals surface area contributed by atoms with Gasteiger partial charge in [0.1, 0.15) is 11.6 Å². The molecule has 1 aliphatic heterocycles. The molecule has 1 saturated heterocycles. The normalized spacial score (nSPS) is 17.2. The summed E-state index contributed by atoms with van der Waals surface area (Å²) in [5, 5.41) is 8.49. The van der Waals surface area contributed by atoms with Crippen LogP contribution in [0, 0.1) is 5.92 Å². The van der Waals surface area contributed by atoms with Crippen molar-refractivity contribution in [2.75, 3.05) is 18.4 Å². The molecule has 220 valence electrons. The number of aryl methyl sites for hydroxylation is 1. The number of benzene rings is 1. The minimum Gasteiger partial charge on any atom is -0.543 e. The fourth-order valence-corrected chi connectivity index (χ4v) is 6.50. The number of halogens is 1. The second-order valence-electron chi connectivity index (χ2n) is 12.9. The van der Waals surface area contributed by atoms with Crippen LogP contribution in [0.4, 0.5) is 11.4 Å². The number of aliphatic imine (C=N–C) groups is 1. The van der Waals surface area contributed by atoms with E-state index in [-0.39, 0.29) is 17.0 Å². The van der Waals surface area contributed by atoms with E-state index in [0.29, 0.717) is 11.7 Å². The fraction of sp³-hybridized carbons (Fsp3) is 0.516. The van der Waals surface area contributed by atoms with Crippen LogP contribution in [0.1, 0.15) is 64.5 Å². The van der Waals surface area contributed by atoms with Crippen LogP contribution in [0.5, 0.6) is 5.75 Å². The predicted octanol–water partition coefficient (Wildman–Crippen LogP) is 6.89. The molecule has 1 aliphatic carbocycles. The number of nitrogens with zero attached hydrogens (tertiary/aromatic N) is 4. The first kappa shape index (κ1) is 29.6. The monoisotopic (exact) mass is 638 g/mol. The molecule has 1 saturated carbocycles. The first-order valence-electron chi connectivity index (χ1n) is 14.7. The quantitative estimate of drug-likeness (QED) is 0.159. The van der Waals surface area contributed by atoms with Gasteiger partial charge in [0, 0.05) is 35.7 Å². The van der Waals surface area contributed by atoms with Crippen molar-refractivity contribution in [3.05, 3.63) is 52.3 Å². The Morgan fingerprint density at radius 2 is 1.90 bits per heavy atom. The SMILES string of the molecule is CCc1cc(O[Si](C)(C)C(C)(C)C)ccc1/N=C(\N)c1cnn2cc(Br)cc2c1NC1CCN(C(=O)C2CC2)CC1. The molecule has 1 amide bonds. The number of piperidine rings is 1. The number of carbonyl (C=O) groups excluding carboxylic acids is 1. The molecular weight excluding hydrogens is 596 g/mol. The second kappa shape index (κ2) is 11.4. The van der Waals surface area contributed by atoms with Gasteiger partial charge >= 0.3 is 0 Å². The van der Waals surface area contributed by atoms with E-state index < -0.39 is 8.32 Å². The van der Waals surface area contributed by atoms with E-state index in [1.54, 1.807) is 6.20 Å². The maximum atomic E-state index is 12.6. The zero-order valence-electron chi connectivity index (χ0n) is 25.1. The lowest BCUT2D eigenvalue weighted by Crippen LogP contribution is -2.43. The smallest absolute Gasteiger partial charge is 0.250 e. The summed E-state index contributed by atoms with van der Waals surface area (Å²) in [6.45, 7) is 14.9. The van der Waals surface area contributed by atoms with Crippen LogP contribution in [0.3, 0.4) is 0 Å². The Morgan fingerprint density at radius 1 is 1.20 bits per heavy atom. The van der Waals surface area contributed by atoms with Crippen LogP contribution in [-0.2, 0) is 11.2 Å². The minimum absolute atomic E-state index is 0.118. The summed E-state index contributed by atoms with van der Waals surface area (Å²) in [6, 6.07) is 8.39. The molecule has 2 aromatic heterocycles. The number of amidine groups is 1. The van der Waals surface area contributed by atoms with Crippen LogP contribution in [0.2, 0.25) is 18.1 Å². The van der Waals surface area contributed by atoms with Gasteiger partial charge in [-0.15, -0.1) is 0 Å². The molecular formula is C31H43BrN6O2Si. The molecule has 0 unspecified atom stereocenters. The number of amides is 1. The molecule has 0 radical (unpaired) electrons. The average Bonchev–Trinajstić information content (AvgIpc) is 3.69. The van der Waals surface area contributed by atoms with Crippen LogP contribution < -0.4 is 15.5 Å². The summed E-state index contributed by atoms with van der Waals surface area (Å²) >= 11 is 3.60. The highest BCUT2D eigenvalue weighted by molar-refractivity contribution is 9.10. The topological polar surface area (TPSA) is 97.2 Å². The predicted molar refractivity (Wildman–Crippen MR) is 173 cm³/mol. The van der Waals surface area contributed by atoms with Gasteiger partial charge in [-0.2, -0.15) is 5.10 Å². The minimum atomic E-state index is -1.95. The number of aromatic nitrogens is 2. The van der Waals surface area contributed by atoms with Crippen LogP contribution in [0.15, 0.2) is 46.1 Å².